The number of tetrazole rings is 1. The van der Waals surface area contributed by atoms with E-state index in [1.54, 1.807) is 11.8 Å². The van der Waals surface area contributed by atoms with Gasteiger partial charge in [-0.1, -0.05) is 0 Å². The quantitative estimate of drug-likeness (QED) is 0.601. The topological polar surface area (TPSA) is 139 Å². The fourth-order valence-corrected chi connectivity index (χ4v) is 6.38. The van der Waals surface area contributed by atoms with Crippen molar-refractivity contribution in [2.24, 2.45) is 5.41 Å². The molecule has 1 spiro atoms. The number of cyclic esters (lactones) is 1. The third-order valence-electron chi connectivity index (χ3n) is 8.21. The Hall–Kier alpha value is -3.25. The summed E-state index contributed by atoms with van der Waals surface area (Å²) in [5, 5.41) is 30.6. The summed E-state index contributed by atoms with van der Waals surface area (Å²) in [6.45, 7) is 4.88. The fraction of sp³-hybridized carbons (Fsp3) is 0.609. The smallest absolute Gasteiger partial charge is 0.336 e. The predicted octanol–water partition coefficient (Wildman–Crippen LogP) is 0.470. The summed E-state index contributed by atoms with van der Waals surface area (Å²) < 4.78 is 6.58. The molecular formula is C23H28N8O4. The second kappa shape index (κ2) is 8.16. The molecule has 1 N–H and O–H groups in total. The number of amides is 1. The summed E-state index contributed by atoms with van der Waals surface area (Å²) in [5.41, 5.74) is 2.20. The number of hydrogen-bond acceptors (Lipinski definition) is 10. The van der Waals surface area contributed by atoms with E-state index in [2.05, 4.69) is 30.6 Å². The van der Waals surface area contributed by atoms with Gasteiger partial charge in [0.25, 0.3) is 0 Å². The fourth-order valence-electron chi connectivity index (χ4n) is 6.38. The number of piperidine rings is 1. The minimum Gasteiger partial charge on any atom is -0.456 e. The lowest BCUT2D eigenvalue weighted by Crippen LogP contribution is -2.51. The van der Waals surface area contributed by atoms with Crippen molar-refractivity contribution < 1.29 is 19.4 Å². The first-order valence-electron chi connectivity index (χ1n) is 12.1. The number of likely N-dealkylation sites (tertiary alicyclic amines) is 1. The standard InChI is InChI=1S/C23H28N8O4/c1-13-7-17(25-26-20(13)31-12-24-27-28-31)19(32)10-30-15-3-4-16(30)9-23(8-15)5-6-29(22(23)34)18-11-35-21(33)14(18)2/h7,12,15-16,19,32H,3-6,8-11H2,1-2H3. The first kappa shape index (κ1) is 22.2. The third-order valence-corrected chi connectivity index (χ3v) is 8.21. The van der Waals surface area contributed by atoms with Crippen molar-refractivity contribution in [1.82, 2.24) is 40.2 Å². The van der Waals surface area contributed by atoms with Crippen molar-refractivity contribution in [2.75, 3.05) is 19.7 Å². The molecule has 1 amide bonds. The van der Waals surface area contributed by atoms with E-state index in [0.717, 1.165) is 43.4 Å². The second-order valence-electron chi connectivity index (χ2n) is 10.2. The van der Waals surface area contributed by atoms with Crippen molar-refractivity contribution in [3.63, 3.8) is 0 Å². The average molecular weight is 481 g/mol. The lowest BCUT2D eigenvalue weighted by Gasteiger charge is -2.44. The van der Waals surface area contributed by atoms with Gasteiger partial charge in [0.1, 0.15) is 19.0 Å². The molecule has 2 aromatic rings. The number of aromatic nitrogens is 6. The van der Waals surface area contributed by atoms with Gasteiger partial charge in [0.05, 0.1) is 22.4 Å². The summed E-state index contributed by atoms with van der Waals surface area (Å²) in [5.74, 6) is 0.318. The van der Waals surface area contributed by atoms with Gasteiger partial charge in [-0.25, -0.2) is 4.79 Å². The van der Waals surface area contributed by atoms with Gasteiger partial charge in [0, 0.05) is 25.2 Å². The molecule has 4 aliphatic rings. The van der Waals surface area contributed by atoms with Gasteiger partial charge >= 0.3 is 5.97 Å². The Morgan fingerprint density at radius 1 is 1.20 bits per heavy atom. The van der Waals surface area contributed by atoms with Gasteiger partial charge in [-0.2, -0.15) is 9.78 Å². The van der Waals surface area contributed by atoms with Crippen LogP contribution in [0.5, 0.6) is 0 Å². The second-order valence-corrected chi connectivity index (χ2v) is 10.2. The minimum atomic E-state index is -0.786. The predicted molar refractivity (Wildman–Crippen MR) is 120 cm³/mol. The highest BCUT2D eigenvalue weighted by molar-refractivity contribution is 5.94. The Bertz CT molecular complexity index is 1200. The Labute approximate surface area is 201 Å². The molecule has 12 heteroatoms. The largest absolute Gasteiger partial charge is 0.456 e. The first-order valence-corrected chi connectivity index (χ1v) is 12.1. The maximum Gasteiger partial charge on any atom is 0.336 e. The van der Waals surface area contributed by atoms with Gasteiger partial charge in [-0.3, -0.25) is 9.69 Å². The molecule has 6 rings (SSSR count). The zero-order valence-corrected chi connectivity index (χ0v) is 19.8. The van der Waals surface area contributed by atoms with Gasteiger partial charge < -0.3 is 14.7 Å². The van der Waals surface area contributed by atoms with E-state index < -0.39 is 11.5 Å². The van der Waals surface area contributed by atoms with E-state index in [1.807, 2.05) is 13.0 Å². The number of nitrogens with zero attached hydrogens (tertiary/aromatic N) is 8. The number of carbonyl (C=O) groups is 2. The monoisotopic (exact) mass is 480 g/mol. The molecule has 2 bridgehead atoms. The Kier molecular flexibility index (Phi) is 5.18. The highest BCUT2D eigenvalue weighted by atomic mass is 16.5. The lowest BCUT2D eigenvalue weighted by atomic mass is 9.73. The van der Waals surface area contributed by atoms with Crippen LogP contribution in [-0.4, -0.2) is 89.0 Å². The molecule has 184 valence electrons. The van der Waals surface area contributed by atoms with Crippen LogP contribution in [0, 0.1) is 12.3 Å². The molecule has 3 fully saturated rings. The number of carbonyl (C=O) groups excluding carboxylic acids is 2. The summed E-state index contributed by atoms with van der Waals surface area (Å²) >= 11 is 0. The Morgan fingerprint density at radius 3 is 2.60 bits per heavy atom. The van der Waals surface area contributed by atoms with Crippen LogP contribution >= 0.6 is 0 Å². The van der Waals surface area contributed by atoms with Crippen LogP contribution in [-0.2, 0) is 14.3 Å². The molecule has 0 saturated carbocycles. The summed E-state index contributed by atoms with van der Waals surface area (Å²) in [7, 11) is 0. The number of aliphatic hydroxyl groups is 1. The first-order chi connectivity index (χ1) is 16.9. The molecule has 0 aliphatic carbocycles. The Morgan fingerprint density at radius 2 is 1.97 bits per heavy atom. The number of hydrogen-bond donors (Lipinski definition) is 1. The zero-order chi connectivity index (χ0) is 24.3. The zero-order valence-electron chi connectivity index (χ0n) is 19.8. The number of aliphatic hydroxyl groups excluding tert-OH is 1. The molecule has 0 aromatic carbocycles. The molecule has 3 unspecified atom stereocenters. The van der Waals surface area contributed by atoms with E-state index in [0.29, 0.717) is 30.2 Å². The minimum absolute atomic E-state index is 0.127. The molecule has 3 saturated heterocycles. The Balaban J connectivity index is 1.16. The van der Waals surface area contributed by atoms with E-state index in [1.165, 1.54) is 11.0 Å². The summed E-state index contributed by atoms with van der Waals surface area (Å²) in [6, 6.07) is 2.29. The van der Waals surface area contributed by atoms with Crippen molar-refractivity contribution in [2.45, 2.75) is 64.1 Å². The van der Waals surface area contributed by atoms with Crippen LogP contribution in [0.4, 0.5) is 0 Å². The molecule has 6 heterocycles. The van der Waals surface area contributed by atoms with Crippen LogP contribution in [0.1, 0.15) is 56.4 Å². The SMILES string of the molecule is CC1=C(N2CCC3(CC4CCC(C3)N4CC(O)c3cc(C)c(-n4cnnn4)nn3)C2=O)COC1=O. The highest BCUT2D eigenvalue weighted by Gasteiger charge is 2.56. The van der Waals surface area contributed by atoms with E-state index >= 15 is 0 Å². The summed E-state index contributed by atoms with van der Waals surface area (Å²) in [6.07, 6.45) is 5.04. The molecule has 12 nitrogen and oxygen atoms in total. The van der Waals surface area contributed by atoms with Crippen molar-refractivity contribution in [3.8, 4) is 5.82 Å². The number of esters is 1. The molecule has 35 heavy (non-hydrogen) atoms. The molecular weight excluding hydrogens is 452 g/mol. The van der Waals surface area contributed by atoms with Crippen molar-refractivity contribution >= 4 is 11.9 Å². The van der Waals surface area contributed by atoms with Gasteiger partial charge in [0.2, 0.25) is 5.91 Å². The maximum atomic E-state index is 13.6. The van der Waals surface area contributed by atoms with Crippen LogP contribution in [0.3, 0.4) is 0 Å². The molecule has 2 aromatic heterocycles. The van der Waals surface area contributed by atoms with E-state index in [9.17, 15) is 14.7 Å². The van der Waals surface area contributed by atoms with Crippen LogP contribution in [0.15, 0.2) is 23.7 Å². The van der Waals surface area contributed by atoms with Crippen molar-refractivity contribution in [1.29, 1.82) is 0 Å². The average Bonchev–Trinajstić information content (AvgIpc) is 3.60. The number of ether oxygens (including phenoxy) is 1. The number of rotatable bonds is 5. The number of fused-ring (bicyclic) bond motifs is 2. The van der Waals surface area contributed by atoms with E-state index in [4.69, 9.17) is 4.74 Å². The van der Waals surface area contributed by atoms with Gasteiger partial charge in [0.15, 0.2) is 5.82 Å². The maximum absolute atomic E-state index is 13.6. The van der Waals surface area contributed by atoms with Crippen molar-refractivity contribution in [3.05, 3.63) is 34.9 Å². The van der Waals surface area contributed by atoms with Crippen LogP contribution < -0.4 is 0 Å². The normalized spacial score (nSPS) is 29.5. The summed E-state index contributed by atoms with van der Waals surface area (Å²) in [4.78, 5) is 29.5. The molecule has 4 aliphatic heterocycles. The highest BCUT2D eigenvalue weighted by Crippen LogP contribution is 2.52. The number of aryl methyl sites for hydroxylation is 1. The molecule has 3 atom stereocenters. The van der Waals surface area contributed by atoms with Crippen LogP contribution in [0.25, 0.3) is 5.82 Å². The van der Waals surface area contributed by atoms with Crippen LogP contribution in [0.2, 0.25) is 0 Å². The molecule has 0 radical (unpaired) electrons. The lowest BCUT2D eigenvalue weighted by molar-refractivity contribution is -0.140. The van der Waals surface area contributed by atoms with Gasteiger partial charge in [-0.15, -0.1) is 10.2 Å². The van der Waals surface area contributed by atoms with E-state index in [-0.39, 0.29) is 30.6 Å². The van der Waals surface area contributed by atoms with Gasteiger partial charge in [-0.05, 0) is 68.0 Å². The third kappa shape index (κ3) is 3.54.